The van der Waals surface area contributed by atoms with E-state index in [1.54, 1.807) is 6.33 Å². The Kier molecular flexibility index (Phi) is 4.53. The van der Waals surface area contributed by atoms with Crippen molar-refractivity contribution in [2.24, 2.45) is 0 Å². The lowest BCUT2D eigenvalue weighted by molar-refractivity contribution is 0.807. The lowest BCUT2D eigenvalue weighted by Crippen LogP contribution is -2.08. The van der Waals surface area contributed by atoms with Gasteiger partial charge < -0.3 is 5.32 Å². The fourth-order valence-electron chi connectivity index (χ4n) is 1.82. The lowest BCUT2D eigenvalue weighted by Gasteiger charge is -2.16. The molecule has 0 amide bonds. The number of rotatable bonds is 4. The van der Waals surface area contributed by atoms with Gasteiger partial charge in [-0.05, 0) is 30.5 Å². The summed E-state index contributed by atoms with van der Waals surface area (Å²) in [5, 5.41) is 3.41. The molecule has 1 unspecified atom stereocenters. The summed E-state index contributed by atoms with van der Waals surface area (Å²) in [6, 6.07) is 10.5. The molecule has 2 aromatic rings. The van der Waals surface area contributed by atoms with E-state index < -0.39 is 0 Å². The monoisotopic (exact) mass is 319 g/mol. The van der Waals surface area contributed by atoms with Gasteiger partial charge in [0.1, 0.15) is 12.1 Å². The minimum Gasteiger partial charge on any atom is -0.363 e. The molecule has 1 atom stereocenters. The van der Waals surface area contributed by atoms with Gasteiger partial charge in [-0.15, -0.1) is 0 Å². The van der Waals surface area contributed by atoms with E-state index in [0.717, 1.165) is 16.0 Å². The Morgan fingerprint density at radius 2 is 1.74 bits per heavy atom. The molecular weight excluding hydrogens is 302 g/mol. The zero-order chi connectivity index (χ0) is 13.8. The highest BCUT2D eigenvalue weighted by atomic mass is 79.9. The summed E-state index contributed by atoms with van der Waals surface area (Å²) in [4.78, 5) is 8.55. The molecule has 0 aliphatic rings. The van der Waals surface area contributed by atoms with Gasteiger partial charge in [-0.1, -0.05) is 41.9 Å². The first kappa shape index (κ1) is 14.0. The molecule has 0 radical (unpaired) electrons. The summed E-state index contributed by atoms with van der Waals surface area (Å²) in [5.74, 6) is 1.28. The number of aromatic nitrogens is 2. The average Bonchev–Trinajstić information content (AvgIpc) is 2.39. The molecule has 19 heavy (non-hydrogen) atoms. The van der Waals surface area contributed by atoms with Crippen molar-refractivity contribution >= 4 is 21.7 Å². The lowest BCUT2D eigenvalue weighted by atomic mass is 10.1. The van der Waals surface area contributed by atoms with Crippen molar-refractivity contribution in [1.29, 1.82) is 0 Å². The minimum absolute atomic E-state index is 0.211. The Morgan fingerprint density at radius 3 is 2.37 bits per heavy atom. The van der Waals surface area contributed by atoms with E-state index in [1.165, 1.54) is 5.56 Å². The van der Waals surface area contributed by atoms with Crippen molar-refractivity contribution in [3.63, 3.8) is 0 Å². The Hall–Kier alpha value is -1.42. The quantitative estimate of drug-likeness (QED) is 0.899. The number of anilines is 1. The molecule has 0 aliphatic heterocycles. The third-order valence-corrected chi connectivity index (χ3v) is 3.54. The maximum atomic E-state index is 4.27. The summed E-state index contributed by atoms with van der Waals surface area (Å²) >= 11 is 3.45. The molecule has 0 saturated carbocycles. The molecule has 4 heteroatoms. The first-order valence-electron chi connectivity index (χ1n) is 6.40. The predicted molar refractivity (Wildman–Crippen MR) is 82.3 cm³/mol. The molecule has 0 spiro atoms. The fourth-order valence-corrected chi connectivity index (χ4v) is 2.09. The van der Waals surface area contributed by atoms with Crippen LogP contribution < -0.4 is 5.32 Å². The van der Waals surface area contributed by atoms with Gasteiger partial charge in [-0.2, -0.15) is 0 Å². The van der Waals surface area contributed by atoms with Crippen LogP contribution in [0.5, 0.6) is 0 Å². The van der Waals surface area contributed by atoms with Crippen molar-refractivity contribution in [1.82, 2.24) is 9.97 Å². The third kappa shape index (κ3) is 3.77. The topological polar surface area (TPSA) is 37.8 Å². The van der Waals surface area contributed by atoms with E-state index in [1.807, 2.05) is 18.2 Å². The van der Waals surface area contributed by atoms with Crippen LogP contribution in [0.1, 0.15) is 44.0 Å². The number of nitrogens with one attached hydrogen (secondary N) is 1. The highest BCUT2D eigenvalue weighted by Gasteiger charge is 2.08. The van der Waals surface area contributed by atoms with Crippen LogP contribution in [0.2, 0.25) is 0 Å². The Labute approximate surface area is 122 Å². The predicted octanol–water partition coefficient (Wildman–Crippen LogP) is 4.54. The first-order valence-corrected chi connectivity index (χ1v) is 7.19. The maximum Gasteiger partial charge on any atom is 0.130 e. The van der Waals surface area contributed by atoms with Crippen molar-refractivity contribution < 1.29 is 0 Å². The second kappa shape index (κ2) is 6.15. The molecule has 100 valence electrons. The SMILES string of the molecule is CC(C)c1cc(NC(C)c2ccc(Br)cc2)ncn1. The van der Waals surface area contributed by atoms with E-state index >= 15 is 0 Å². The van der Waals surface area contributed by atoms with E-state index in [9.17, 15) is 0 Å². The van der Waals surface area contributed by atoms with Crippen LogP contribution in [0.25, 0.3) is 0 Å². The Balaban J connectivity index is 2.12. The van der Waals surface area contributed by atoms with Crippen molar-refractivity contribution in [3.8, 4) is 0 Å². The van der Waals surface area contributed by atoms with Crippen molar-refractivity contribution in [2.75, 3.05) is 5.32 Å². The minimum atomic E-state index is 0.211. The zero-order valence-corrected chi connectivity index (χ0v) is 13.0. The maximum absolute atomic E-state index is 4.27. The number of benzene rings is 1. The standard InChI is InChI=1S/C15H18BrN3/c1-10(2)14-8-15(18-9-17-14)19-11(3)12-4-6-13(16)7-5-12/h4-11H,1-3H3,(H,17,18,19). The smallest absolute Gasteiger partial charge is 0.130 e. The van der Waals surface area contributed by atoms with Gasteiger partial charge in [0.05, 0.1) is 0 Å². The molecule has 0 bridgehead atoms. The van der Waals surface area contributed by atoms with Crippen LogP contribution in [-0.2, 0) is 0 Å². The van der Waals surface area contributed by atoms with Crippen LogP contribution in [0.4, 0.5) is 5.82 Å². The van der Waals surface area contributed by atoms with Gasteiger partial charge in [-0.25, -0.2) is 9.97 Å². The normalized spacial score (nSPS) is 12.5. The van der Waals surface area contributed by atoms with Gasteiger partial charge in [-0.3, -0.25) is 0 Å². The largest absolute Gasteiger partial charge is 0.363 e. The van der Waals surface area contributed by atoms with Crippen LogP contribution >= 0.6 is 15.9 Å². The molecule has 1 heterocycles. The molecule has 0 aliphatic carbocycles. The Bertz CT molecular complexity index is 537. The highest BCUT2D eigenvalue weighted by Crippen LogP contribution is 2.21. The molecule has 1 N–H and O–H groups in total. The number of hydrogen-bond donors (Lipinski definition) is 1. The van der Waals surface area contributed by atoms with Crippen molar-refractivity contribution in [2.45, 2.75) is 32.7 Å². The van der Waals surface area contributed by atoms with Crippen molar-refractivity contribution in [3.05, 3.63) is 52.4 Å². The second-order valence-electron chi connectivity index (χ2n) is 4.90. The summed E-state index contributed by atoms with van der Waals surface area (Å²) in [6.45, 7) is 6.38. The molecule has 1 aromatic carbocycles. The van der Waals surface area contributed by atoms with Crippen LogP contribution in [-0.4, -0.2) is 9.97 Å². The molecule has 2 rings (SSSR count). The Morgan fingerprint density at radius 1 is 1.05 bits per heavy atom. The first-order chi connectivity index (χ1) is 9.06. The summed E-state index contributed by atoms with van der Waals surface area (Å²) in [6.07, 6.45) is 1.62. The molecule has 0 saturated heterocycles. The van der Waals surface area contributed by atoms with Crippen LogP contribution in [0.3, 0.4) is 0 Å². The van der Waals surface area contributed by atoms with E-state index in [4.69, 9.17) is 0 Å². The van der Waals surface area contributed by atoms with E-state index in [0.29, 0.717) is 5.92 Å². The molecule has 3 nitrogen and oxygen atoms in total. The third-order valence-electron chi connectivity index (χ3n) is 3.01. The van der Waals surface area contributed by atoms with Crippen LogP contribution in [0, 0.1) is 0 Å². The molecular formula is C15H18BrN3. The summed E-state index contributed by atoms with van der Waals surface area (Å²) < 4.78 is 1.09. The van der Waals surface area contributed by atoms with E-state index in [-0.39, 0.29) is 6.04 Å². The van der Waals surface area contributed by atoms with Gasteiger partial charge in [0.2, 0.25) is 0 Å². The average molecular weight is 320 g/mol. The van der Waals surface area contributed by atoms with Gasteiger partial charge in [0, 0.05) is 22.3 Å². The second-order valence-corrected chi connectivity index (χ2v) is 5.82. The fraction of sp³-hybridized carbons (Fsp3) is 0.333. The van der Waals surface area contributed by atoms with Crippen LogP contribution in [0.15, 0.2) is 41.1 Å². The number of nitrogens with zero attached hydrogens (tertiary/aromatic N) is 2. The molecule has 1 aromatic heterocycles. The number of halogens is 1. The van der Waals surface area contributed by atoms with Gasteiger partial charge in [0.15, 0.2) is 0 Å². The van der Waals surface area contributed by atoms with Gasteiger partial charge >= 0.3 is 0 Å². The molecule has 0 fully saturated rings. The van der Waals surface area contributed by atoms with Gasteiger partial charge in [0.25, 0.3) is 0 Å². The summed E-state index contributed by atoms with van der Waals surface area (Å²) in [7, 11) is 0. The number of hydrogen-bond acceptors (Lipinski definition) is 3. The summed E-state index contributed by atoms with van der Waals surface area (Å²) in [5.41, 5.74) is 2.29. The highest BCUT2D eigenvalue weighted by molar-refractivity contribution is 9.10. The zero-order valence-electron chi connectivity index (χ0n) is 11.4. The van der Waals surface area contributed by atoms with E-state index in [2.05, 4.69) is 64.1 Å².